The van der Waals surface area contributed by atoms with Crippen LogP contribution in [0.25, 0.3) is 0 Å². The van der Waals surface area contributed by atoms with Crippen molar-refractivity contribution in [1.29, 1.82) is 0 Å². The van der Waals surface area contributed by atoms with Crippen molar-refractivity contribution in [3.05, 3.63) is 0 Å². The highest BCUT2D eigenvalue weighted by Crippen LogP contribution is 2.30. The van der Waals surface area contributed by atoms with E-state index >= 15 is 0 Å². The van der Waals surface area contributed by atoms with Gasteiger partial charge in [-0.15, -0.1) is 0 Å². The molecule has 2 aliphatic heterocycles. The second-order valence-corrected chi connectivity index (χ2v) is 3.51. The van der Waals surface area contributed by atoms with Crippen LogP contribution in [0.2, 0.25) is 0 Å². The Labute approximate surface area is 86.4 Å². The van der Waals surface area contributed by atoms with E-state index in [2.05, 4.69) is 0 Å². The Bertz CT molecular complexity index is 265. The number of carbonyl (C=O) groups excluding carboxylic acids is 2. The van der Waals surface area contributed by atoms with Crippen LogP contribution in [0.5, 0.6) is 0 Å². The molecule has 0 aliphatic carbocycles. The highest BCUT2D eigenvalue weighted by Gasteiger charge is 2.50. The lowest BCUT2D eigenvalue weighted by molar-refractivity contribution is -0.151. The van der Waals surface area contributed by atoms with Crippen molar-refractivity contribution >= 4 is 12.4 Å². The first-order valence-electron chi connectivity index (χ1n) is 4.72. The van der Waals surface area contributed by atoms with Crippen LogP contribution < -0.4 is 0 Å². The molecular weight excluding hydrogens is 204 g/mol. The minimum absolute atomic E-state index is 0.284. The summed E-state index contributed by atoms with van der Waals surface area (Å²) < 4.78 is 20.6. The summed E-state index contributed by atoms with van der Waals surface area (Å²) in [5.41, 5.74) is 0. The van der Waals surface area contributed by atoms with Gasteiger partial charge in [0.15, 0.2) is 12.2 Å². The molecule has 15 heavy (non-hydrogen) atoms. The van der Waals surface area contributed by atoms with Crippen LogP contribution in [0.15, 0.2) is 0 Å². The van der Waals surface area contributed by atoms with Gasteiger partial charge in [0.25, 0.3) is 6.47 Å². The maximum atomic E-state index is 10.8. The maximum Gasteiger partial charge on any atom is 0.303 e. The summed E-state index contributed by atoms with van der Waals surface area (Å²) in [6, 6.07) is 0. The summed E-state index contributed by atoms with van der Waals surface area (Å²) in [5, 5.41) is 0. The Morgan fingerprint density at radius 1 is 1.27 bits per heavy atom. The minimum atomic E-state index is -0.396. The second kappa shape index (κ2) is 4.16. The zero-order valence-electron chi connectivity index (χ0n) is 8.25. The van der Waals surface area contributed by atoms with Gasteiger partial charge in [0, 0.05) is 6.92 Å². The average Bonchev–Trinajstić information content (AvgIpc) is 2.71. The Morgan fingerprint density at radius 2 is 1.87 bits per heavy atom. The Hall–Kier alpha value is -1.14. The number of hydrogen-bond acceptors (Lipinski definition) is 6. The van der Waals surface area contributed by atoms with Crippen molar-refractivity contribution in [2.45, 2.75) is 31.3 Å². The van der Waals surface area contributed by atoms with Gasteiger partial charge < -0.3 is 18.9 Å². The van der Waals surface area contributed by atoms with E-state index in [1.165, 1.54) is 6.92 Å². The van der Waals surface area contributed by atoms with Crippen molar-refractivity contribution in [2.24, 2.45) is 0 Å². The second-order valence-electron chi connectivity index (χ2n) is 3.51. The van der Waals surface area contributed by atoms with Crippen molar-refractivity contribution in [1.82, 2.24) is 0 Å². The zero-order valence-corrected chi connectivity index (χ0v) is 8.25. The molecule has 0 N–H and O–H groups in total. The molecule has 0 aromatic rings. The van der Waals surface area contributed by atoms with Gasteiger partial charge in [-0.3, -0.25) is 9.59 Å². The van der Waals surface area contributed by atoms with E-state index in [0.29, 0.717) is 6.47 Å². The van der Waals surface area contributed by atoms with E-state index in [1.54, 1.807) is 0 Å². The summed E-state index contributed by atoms with van der Waals surface area (Å²) in [6.45, 7) is 2.28. The summed E-state index contributed by atoms with van der Waals surface area (Å²) in [7, 11) is 0. The van der Waals surface area contributed by atoms with Crippen molar-refractivity contribution in [3.63, 3.8) is 0 Å². The third-order valence-electron chi connectivity index (χ3n) is 2.51. The van der Waals surface area contributed by atoms with Gasteiger partial charge in [-0.2, -0.15) is 0 Å². The molecule has 0 aromatic carbocycles. The number of fused-ring (bicyclic) bond motifs is 1. The first-order valence-corrected chi connectivity index (χ1v) is 4.72. The molecule has 2 saturated heterocycles. The lowest BCUT2D eigenvalue weighted by atomic mass is 10.1. The van der Waals surface area contributed by atoms with Crippen LogP contribution >= 0.6 is 0 Å². The van der Waals surface area contributed by atoms with Gasteiger partial charge in [-0.05, 0) is 0 Å². The highest BCUT2D eigenvalue weighted by atomic mass is 16.7. The lowest BCUT2D eigenvalue weighted by Crippen LogP contribution is -2.34. The van der Waals surface area contributed by atoms with Crippen molar-refractivity contribution in [2.75, 3.05) is 13.2 Å². The highest BCUT2D eigenvalue weighted by molar-refractivity contribution is 5.66. The van der Waals surface area contributed by atoms with Gasteiger partial charge in [-0.25, -0.2) is 0 Å². The fraction of sp³-hybridized carbons (Fsp3) is 0.778. The molecule has 2 rings (SSSR count). The Kier molecular flexibility index (Phi) is 2.88. The van der Waals surface area contributed by atoms with Crippen LogP contribution in [-0.4, -0.2) is 50.1 Å². The van der Waals surface area contributed by atoms with E-state index in [-0.39, 0.29) is 31.4 Å². The van der Waals surface area contributed by atoms with E-state index in [0.717, 1.165) is 0 Å². The molecule has 2 fully saturated rings. The SMILES string of the molecule is CC(=O)O[C@@H]1CO[C@@H]2[C@H]1OC[C@@H]2OC=O. The average molecular weight is 216 g/mol. The van der Waals surface area contributed by atoms with Gasteiger partial charge in [0.2, 0.25) is 0 Å². The molecule has 6 nitrogen and oxygen atoms in total. The van der Waals surface area contributed by atoms with Gasteiger partial charge in [-0.1, -0.05) is 0 Å². The van der Waals surface area contributed by atoms with Crippen LogP contribution in [-0.2, 0) is 28.5 Å². The molecule has 0 unspecified atom stereocenters. The van der Waals surface area contributed by atoms with E-state index in [1.807, 2.05) is 0 Å². The normalized spacial score (nSPS) is 38.5. The predicted molar refractivity (Wildman–Crippen MR) is 46.0 cm³/mol. The minimum Gasteiger partial charge on any atom is -0.459 e. The van der Waals surface area contributed by atoms with E-state index in [9.17, 15) is 9.59 Å². The monoisotopic (exact) mass is 216 g/mol. The molecule has 6 heteroatoms. The standard InChI is InChI=1S/C9H12O6/c1-5(11)15-7-3-13-8-6(14-4-10)2-12-9(7)8/h4,6-9H,2-3H2,1H3/t6-,7+,8-,9-/m0/s1. The van der Waals surface area contributed by atoms with E-state index < -0.39 is 12.2 Å². The van der Waals surface area contributed by atoms with Crippen molar-refractivity contribution < 1.29 is 28.5 Å². The summed E-state index contributed by atoms with van der Waals surface area (Å²) in [4.78, 5) is 21.0. The van der Waals surface area contributed by atoms with Gasteiger partial charge >= 0.3 is 5.97 Å². The zero-order chi connectivity index (χ0) is 10.8. The van der Waals surface area contributed by atoms with E-state index in [4.69, 9.17) is 18.9 Å². The Balaban J connectivity index is 1.95. The van der Waals surface area contributed by atoms with Crippen LogP contribution in [0.3, 0.4) is 0 Å². The molecule has 0 aromatic heterocycles. The van der Waals surface area contributed by atoms with Gasteiger partial charge in [0.1, 0.15) is 12.2 Å². The lowest BCUT2D eigenvalue weighted by Gasteiger charge is -2.15. The third-order valence-corrected chi connectivity index (χ3v) is 2.51. The van der Waals surface area contributed by atoms with Crippen LogP contribution in [0.4, 0.5) is 0 Å². The first-order chi connectivity index (χ1) is 7.22. The van der Waals surface area contributed by atoms with Crippen molar-refractivity contribution in [3.8, 4) is 0 Å². The van der Waals surface area contributed by atoms with Gasteiger partial charge in [0.05, 0.1) is 13.2 Å². The van der Waals surface area contributed by atoms with Crippen LogP contribution in [0, 0.1) is 0 Å². The molecule has 0 saturated carbocycles. The molecule has 2 aliphatic rings. The summed E-state index contributed by atoms with van der Waals surface area (Å²) in [5.74, 6) is -0.368. The number of carbonyl (C=O) groups is 2. The van der Waals surface area contributed by atoms with Crippen LogP contribution in [0.1, 0.15) is 6.92 Å². The smallest absolute Gasteiger partial charge is 0.303 e. The molecule has 0 spiro atoms. The fourth-order valence-electron chi connectivity index (χ4n) is 1.93. The summed E-state index contributed by atoms with van der Waals surface area (Å²) in [6.07, 6.45) is -1.43. The first kappa shape index (κ1) is 10.4. The summed E-state index contributed by atoms with van der Waals surface area (Å²) >= 11 is 0. The topological polar surface area (TPSA) is 71.1 Å². The molecular formula is C9H12O6. The number of esters is 1. The largest absolute Gasteiger partial charge is 0.459 e. The third kappa shape index (κ3) is 1.95. The fourth-order valence-corrected chi connectivity index (χ4v) is 1.93. The Morgan fingerprint density at radius 3 is 2.47 bits per heavy atom. The quantitative estimate of drug-likeness (QED) is 0.457. The molecule has 0 radical (unpaired) electrons. The maximum absolute atomic E-state index is 10.8. The molecule has 84 valence electrons. The number of hydrogen-bond donors (Lipinski definition) is 0. The molecule has 2 heterocycles. The molecule has 4 atom stereocenters. The molecule has 0 bridgehead atoms. The molecule has 0 amide bonds. The predicted octanol–water partition coefficient (Wildman–Crippen LogP) is -0.743. The number of ether oxygens (including phenoxy) is 4. The number of rotatable bonds is 3.